The van der Waals surface area contributed by atoms with Crippen LogP contribution in [0.25, 0.3) is 0 Å². The van der Waals surface area contributed by atoms with Crippen molar-refractivity contribution in [2.45, 2.75) is 45.1 Å². The highest BCUT2D eigenvalue weighted by atomic mass is 16.6. The molecule has 0 bridgehead atoms. The Bertz CT molecular complexity index is 694. The standard InChI is InChI=1S/C21H25NO3/c1-21(2,3)25-20(23)22(14-16-10-6-4-7-11-16)18-15-24-19(18)17-12-8-5-9-13-17/h4-13,18-19H,14-15H2,1-3H3/t18-,19-/m1/s1. The van der Waals surface area contributed by atoms with Crippen LogP contribution in [-0.2, 0) is 16.0 Å². The highest BCUT2D eigenvalue weighted by Gasteiger charge is 2.41. The molecule has 1 heterocycles. The smallest absolute Gasteiger partial charge is 0.411 e. The van der Waals surface area contributed by atoms with E-state index in [4.69, 9.17) is 9.47 Å². The van der Waals surface area contributed by atoms with E-state index >= 15 is 0 Å². The molecular weight excluding hydrogens is 314 g/mol. The first-order chi connectivity index (χ1) is 11.9. The van der Waals surface area contributed by atoms with Gasteiger partial charge < -0.3 is 9.47 Å². The summed E-state index contributed by atoms with van der Waals surface area (Å²) < 4.78 is 11.4. The van der Waals surface area contributed by atoms with E-state index in [0.717, 1.165) is 11.1 Å². The molecule has 3 rings (SSSR count). The van der Waals surface area contributed by atoms with Gasteiger partial charge in [-0.25, -0.2) is 4.79 Å². The zero-order valence-electron chi connectivity index (χ0n) is 15.0. The summed E-state index contributed by atoms with van der Waals surface area (Å²) in [7, 11) is 0. The fourth-order valence-corrected chi connectivity index (χ4v) is 2.91. The zero-order valence-corrected chi connectivity index (χ0v) is 15.0. The molecular formula is C21H25NO3. The molecule has 0 saturated carbocycles. The normalized spacial score (nSPS) is 19.8. The lowest BCUT2D eigenvalue weighted by Gasteiger charge is -2.44. The van der Waals surface area contributed by atoms with Gasteiger partial charge in [0.25, 0.3) is 0 Å². The largest absolute Gasteiger partial charge is 0.444 e. The Morgan fingerprint density at radius 3 is 2.20 bits per heavy atom. The van der Waals surface area contributed by atoms with Crippen molar-refractivity contribution in [3.05, 3.63) is 71.8 Å². The molecule has 4 nitrogen and oxygen atoms in total. The molecule has 0 spiro atoms. The van der Waals surface area contributed by atoms with Crippen molar-refractivity contribution in [2.75, 3.05) is 6.61 Å². The first-order valence-electron chi connectivity index (χ1n) is 8.64. The van der Waals surface area contributed by atoms with Gasteiger partial charge in [-0.2, -0.15) is 0 Å². The number of amides is 1. The predicted octanol–water partition coefficient (Wildman–Crippen LogP) is 4.56. The number of benzene rings is 2. The summed E-state index contributed by atoms with van der Waals surface area (Å²) in [6.45, 7) is 6.69. The maximum atomic E-state index is 12.8. The second-order valence-electron chi connectivity index (χ2n) is 7.33. The average molecular weight is 339 g/mol. The summed E-state index contributed by atoms with van der Waals surface area (Å²) in [6, 6.07) is 20.0. The van der Waals surface area contributed by atoms with Gasteiger partial charge in [-0.1, -0.05) is 60.7 Å². The number of ether oxygens (including phenoxy) is 2. The van der Waals surface area contributed by atoms with Crippen molar-refractivity contribution >= 4 is 6.09 Å². The van der Waals surface area contributed by atoms with Crippen LogP contribution in [0.3, 0.4) is 0 Å². The Labute approximate surface area is 149 Å². The molecule has 0 radical (unpaired) electrons. The second kappa shape index (κ2) is 7.28. The van der Waals surface area contributed by atoms with E-state index in [1.807, 2.05) is 81.4 Å². The third-order valence-corrected chi connectivity index (χ3v) is 4.15. The number of carbonyl (C=O) groups excluding carboxylic acids is 1. The van der Waals surface area contributed by atoms with Gasteiger partial charge in [-0.3, -0.25) is 4.90 Å². The maximum Gasteiger partial charge on any atom is 0.411 e. The fraction of sp³-hybridized carbons (Fsp3) is 0.381. The van der Waals surface area contributed by atoms with Crippen LogP contribution >= 0.6 is 0 Å². The maximum absolute atomic E-state index is 12.8. The van der Waals surface area contributed by atoms with Crippen LogP contribution in [0.1, 0.15) is 38.0 Å². The van der Waals surface area contributed by atoms with E-state index in [-0.39, 0.29) is 18.2 Å². The third kappa shape index (κ3) is 4.40. The van der Waals surface area contributed by atoms with Gasteiger partial charge in [0, 0.05) is 6.54 Å². The van der Waals surface area contributed by atoms with E-state index in [1.165, 1.54) is 0 Å². The van der Waals surface area contributed by atoms with E-state index in [9.17, 15) is 4.79 Å². The van der Waals surface area contributed by atoms with Crippen LogP contribution in [-0.4, -0.2) is 29.2 Å². The van der Waals surface area contributed by atoms with Gasteiger partial charge in [0.2, 0.25) is 0 Å². The first kappa shape index (κ1) is 17.5. The van der Waals surface area contributed by atoms with Gasteiger partial charge >= 0.3 is 6.09 Å². The Hall–Kier alpha value is -2.33. The molecule has 2 aromatic carbocycles. The molecule has 0 aliphatic carbocycles. The van der Waals surface area contributed by atoms with Crippen molar-refractivity contribution in [3.63, 3.8) is 0 Å². The van der Waals surface area contributed by atoms with Gasteiger partial charge in [0.15, 0.2) is 0 Å². The molecule has 1 aliphatic rings. The Morgan fingerprint density at radius 2 is 1.68 bits per heavy atom. The van der Waals surface area contributed by atoms with Crippen molar-refractivity contribution < 1.29 is 14.3 Å². The van der Waals surface area contributed by atoms with E-state index < -0.39 is 5.60 Å². The monoisotopic (exact) mass is 339 g/mol. The van der Waals surface area contributed by atoms with Gasteiger partial charge in [0.1, 0.15) is 11.7 Å². The van der Waals surface area contributed by atoms with Gasteiger partial charge in [-0.15, -0.1) is 0 Å². The van der Waals surface area contributed by atoms with E-state index in [0.29, 0.717) is 13.2 Å². The highest BCUT2D eigenvalue weighted by molar-refractivity contribution is 5.69. The molecule has 132 valence electrons. The van der Waals surface area contributed by atoms with Crippen LogP contribution in [0.15, 0.2) is 60.7 Å². The Morgan fingerprint density at radius 1 is 1.08 bits per heavy atom. The Kier molecular flexibility index (Phi) is 5.09. The molecule has 2 aromatic rings. The minimum Gasteiger partial charge on any atom is -0.444 e. The quantitative estimate of drug-likeness (QED) is 0.819. The molecule has 0 aromatic heterocycles. The van der Waals surface area contributed by atoms with Crippen LogP contribution in [0, 0.1) is 0 Å². The minimum absolute atomic E-state index is 0.0301. The van der Waals surface area contributed by atoms with Crippen LogP contribution in [0.4, 0.5) is 4.79 Å². The molecule has 0 unspecified atom stereocenters. The number of carbonyl (C=O) groups is 1. The molecule has 2 atom stereocenters. The summed E-state index contributed by atoms with van der Waals surface area (Å²) >= 11 is 0. The van der Waals surface area contributed by atoms with Crippen molar-refractivity contribution in [3.8, 4) is 0 Å². The molecule has 0 N–H and O–H groups in total. The van der Waals surface area contributed by atoms with E-state index in [1.54, 1.807) is 4.90 Å². The lowest BCUT2D eigenvalue weighted by Crippen LogP contribution is -2.54. The van der Waals surface area contributed by atoms with Gasteiger partial charge in [-0.05, 0) is 31.9 Å². The third-order valence-electron chi connectivity index (χ3n) is 4.15. The average Bonchev–Trinajstić information content (AvgIpc) is 2.53. The van der Waals surface area contributed by atoms with Crippen LogP contribution in [0.5, 0.6) is 0 Å². The molecule has 1 saturated heterocycles. The minimum atomic E-state index is -0.529. The lowest BCUT2D eigenvalue weighted by atomic mass is 9.96. The number of nitrogens with zero attached hydrogens (tertiary/aromatic N) is 1. The number of rotatable bonds is 4. The van der Waals surface area contributed by atoms with Gasteiger partial charge in [0.05, 0.1) is 12.6 Å². The molecule has 4 heteroatoms. The predicted molar refractivity (Wildman–Crippen MR) is 97.1 cm³/mol. The fourth-order valence-electron chi connectivity index (χ4n) is 2.91. The highest BCUT2D eigenvalue weighted by Crippen LogP contribution is 2.35. The zero-order chi connectivity index (χ0) is 17.9. The summed E-state index contributed by atoms with van der Waals surface area (Å²) in [6.07, 6.45) is -0.414. The lowest BCUT2D eigenvalue weighted by molar-refractivity contribution is -0.137. The Balaban J connectivity index is 1.82. The summed E-state index contributed by atoms with van der Waals surface area (Å²) in [5, 5.41) is 0. The first-order valence-corrected chi connectivity index (χ1v) is 8.64. The number of hydrogen-bond donors (Lipinski definition) is 0. The molecule has 25 heavy (non-hydrogen) atoms. The summed E-state index contributed by atoms with van der Waals surface area (Å²) in [5.74, 6) is 0. The molecule has 1 fully saturated rings. The van der Waals surface area contributed by atoms with Crippen molar-refractivity contribution in [1.29, 1.82) is 0 Å². The van der Waals surface area contributed by atoms with Crippen LogP contribution in [0.2, 0.25) is 0 Å². The molecule has 1 aliphatic heterocycles. The summed E-state index contributed by atoms with van der Waals surface area (Å²) in [4.78, 5) is 14.6. The summed E-state index contributed by atoms with van der Waals surface area (Å²) in [5.41, 5.74) is 1.63. The number of hydrogen-bond acceptors (Lipinski definition) is 3. The molecule has 1 amide bonds. The van der Waals surface area contributed by atoms with Crippen molar-refractivity contribution in [1.82, 2.24) is 4.90 Å². The van der Waals surface area contributed by atoms with E-state index in [2.05, 4.69) is 0 Å². The topological polar surface area (TPSA) is 38.8 Å². The van der Waals surface area contributed by atoms with Crippen molar-refractivity contribution in [2.24, 2.45) is 0 Å². The van der Waals surface area contributed by atoms with Crippen LogP contribution < -0.4 is 0 Å². The SMILES string of the molecule is CC(C)(C)OC(=O)N(Cc1ccccc1)[C@@H]1CO[C@@H]1c1ccccc1. The second-order valence-corrected chi connectivity index (χ2v) is 7.33.